The Morgan fingerprint density at radius 2 is 1.94 bits per heavy atom. The summed E-state index contributed by atoms with van der Waals surface area (Å²) in [5, 5.41) is 0. The zero-order valence-corrected chi connectivity index (χ0v) is 12.0. The van der Waals surface area contributed by atoms with Crippen LogP contribution in [0.25, 0.3) is 0 Å². The molecule has 0 saturated heterocycles. The largest absolute Gasteiger partial charge is 0.330 e. The molecule has 1 nitrogen and oxygen atoms in total. The number of nitrogens with two attached hydrogens (primary N) is 1. The molecule has 1 heterocycles. The van der Waals surface area contributed by atoms with Crippen LogP contribution in [0.4, 0.5) is 0 Å². The molecular weight excluding hydrogens is 282 g/mol. The van der Waals surface area contributed by atoms with E-state index in [2.05, 4.69) is 28.1 Å². The minimum absolute atomic E-state index is 0.753. The summed E-state index contributed by atoms with van der Waals surface area (Å²) in [5.41, 5.74) is 5.92. The third-order valence-electron chi connectivity index (χ3n) is 3.71. The van der Waals surface area contributed by atoms with Crippen molar-refractivity contribution in [3.63, 3.8) is 0 Å². The highest BCUT2D eigenvalue weighted by Crippen LogP contribution is 2.33. The molecule has 3 heteroatoms. The lowest BCUT2D eigenvalue weighted by atomic mass is 9.85. The van der Waals surface area contributed by atoms with E-state index in [0.29, 0.717) is 0 Å². The first kappa shape index (κ1) is 12.6. The van der Waals surface area contributed by atoms with E-state index in [4.69, 9.17) is 5.73 Å². The molecule has 0 aromatic carbocycles. The number of hydrogen-bond acceptors (Lipinski definition) is 2. The fourth-order valence-corrected chi connectivity index (χ4v) is 4.34. The van der Waals surface area contributed by atoms with E-state index in [1.165, 1.54) is 47.2 Å². The molecule has 1 saturated carbocycles. The Balaban J connectivity index is 1.99. The predicted octanol–water partition coefficient (Wildman–Crippen LogP) is 4.21. The second kappa shape index (κ2) is 6.18. The molecule has 0 amide bonds. The Morgan fingerprint density at radius 3 is 2.56 bits per heavy atom. The van der Waals surface area contributed by atoms with Crippen molar-refractivity contribution < 1.29 is 0 Å². The fraction of sp³-hybridized carbons (Fsp3) is 0.692. The first-order valence-corrected chi connectivity index (χ1v) is 7.85. The zero-order chi connectivity index (χ0) is 11.4. The van der Waals surface area contributed by atoms with Crippen molar-refractivity contribution in [2.75, 3.05) is 6.54 Å². The molecule has 2 rings (SSSR count). The summed E-state index contributed by atoms with van der Waals surface area (Å²) < 4.78 is 1.25. The first-order valence-electron chi connectivity index (χ1n) is 6.24. The first-order chi connectivity index (χ1) is 7.79. The number of thiophene rings is 1. The molecule has 16 heavy (non-hydrogen) atoms. The van der Waals surface area contributed by atoms with Crippen molar-refractivity contribution in [2.24, 2.45) is 17.6 Å². The topological polar surface area (TPSA) is 26.0 Å². The van der Waals surface area contributed by atoms with Gasteiger partial charge in [-0.15, -0.1) is 11.3 Å². The van der Waals surface area contributed by atoms with Crippen molar-refractivity contribution in [1.29, 1.82) is 0 Å². The monoisotopic (exact) mass is 301 g/mol. The SMILES string of the molecule is NCC1CCCCCC1Cc1ccc(Br)s1. The van der Waals surface area contributed by atoms with Gasteiger partial charge in [-0.1, -0.05) is 19.3 Å². The van der Waals surface area contributed by atoms with Crippen LogP contribution < -0.4 is 5.73 Å². The van der Waals surface area contributed by atoms with Gasteiger partial charge in [0.1, 0.15) is 0 Å². The maximum atomic E-state index is 5.92. The van der Waals surface area contributed by atoms with Gasteiger partial charge < -0.3 is 5.73 Å². The lowest BCUT2D eigenvalue weighted by molar-refractivity contribution is 0.320. The molecule has 1 aliphatic carbocycles. The Bertz CT molecular complexity index is 323. The van der Waals surface area contributed by atoms with E-state index < -0.39 is 0 Å². The van der Waals surface area contributed by atoms with Crippen LogP contribution in [0.5, 0.6) is 0 Å². The molecule has 0 radical (unpaired) electrons. The Hall–Kier alpha value is 0.140. The highest BCUT2D eigenvalue weighted by molar-refractivity contribution is 9.11. The van der Waals surface area contributed by atoms with Crippen molar-refractivity contribution in [3.05, 3.63) is 20.8 Å². The van der Waals surface area contributed by atoms with E-state index in [1.807, 2.05) is 11.3 Å². The Kier molecular flexibility index (Phi) is 4.86. The third-order valence-corrected chi connectivity index (χ3v) is 5.36. The summed E-state index contributed by atoms with van der Waals surface area (Å²) in [6, 6.07) is 4.42. The fourth-order valence-electron chi connectivity index (χ4n) is 2.76. The van der Waals surface area contributed by atoms with Crippen LogP contribution in [-0.4, -0.2) is 6.54 Å². The Morgan fingerprint density at radius 1 is 1.19 bits per heavy atom. The molecule has 1 aromatic heterocycles. The van der Waals surface area contributed by atoms with E-state index in [0.717, 1.165) is 18.4 Å². The summed E-state index contributed by atoms with van der Waals surface area (Å²) >= 11 is 5.41. The highest BCUT2D eigenvalue weighted by Gasteiger charge is 2.23. The molecule has 2 N–H and O–H groups in total. The van der Waals surface area contributed by atoms with Crippen molar-refractivity contribution in [2.45, 2.75) is 38.5 Å². The number of halogens is 1. The van der Waals surface area contributed by atoms with Gasteiger partial charge in [-0.3, -0.25) is 0 Å². The maximum Gasteiger partial charge on any atom is 0.0701 e. The smallest absolute Gasteiger partial charge is 0.0701 e. The number of hydrogen-bond donors (Lipinski definition) is 1. The maximum absolute atomic E-state index is 5.92. The van der Waals surface area contributed by atoms with Crippen LogP contribution in [0.3, 0.4) is 0 Å². The van der Waals surface area contributed by atoms with Crippen LogP contribution >= 0.6 is 27.3 Å². The van der Waals surface area contributed by atoms with Gasteiger partial charge in [-0.2, -0.15) is 0 Å². The predicted molar refractivity (Wildman–Crippen MR) is 74.8 cm³/mol. The molecule has 1 fully saturated rings. The lowest BCUT2D eigenvalue weighted by Gasteiger charge is -2.23. The third kappa shape index (κ3) is 3.31. The lowest BCUT2D eigenvalue weighted by Crippen LogP contribution is -2.23. The van der Waals surface area contributed by atoms with Crippen LogP contribution in [0.2, 0.25) is 0 Å². The van der Waals surface area contributed by atoms with Gasteiger partial charge in [-0.25, -0.2) is 0 Å². The van der Waals surface area contributed by atoms with Crippen LogP contribution in [-0.2, 0) is 6.42 Å². The summed E-state index contributed by atoms with van der Waals surface area (Å²) in [4.78, 5) is 1.51. The quantitative estimate of drug-likeness (QED) is 0.832. The molecule has 2 unspecified atom stereocenters. The average Bonchev–Trinajstić information content (AvgIpc) is 2.56. The summed E-state index contributed by atoms with van der Waals surface area (Å²) in [5.74, 6) is 1.57. The van der Waals surface area contributed by atoms with Crippen LogP contribution in [0.15, 0.2) is 15.9 Å². The van der Waals surface area contributed by atoms with Gasteiger partial charge in [0, 0.05) is 4.88 Å². The van der Waals surface area contributed by atoms with Crippen molar-refractivity contribution in [3.8, 4) is 0 Å². The molecule has 90 valence electrons. The van der Waals surface area contributed by atoms with Crippen molar-refractivity contribution >= 4 is 27.3 Å². The normalized spacial score (nSPS) is 26.6. The molecule has 1 aliphatic rings. The minimum atomic E-state index is 0.753. The van der Waals surface area contributed by atoms with Crippen molar-refractivity contribution in [1.82, 2.24) is 0 Å². The molecule has 2 atom stereocenters. The highest BCUT2D eigenvalue weighted by atomic mass is 79.9. The van der Waals surface area contributed by atoms with Gasteiger partial charge in [0.25, 0.3) is 0 Å². The molecule has 1 aromatic rings. The summed E-state index contributed by atoms with van der Waals surface area (Å²) in [6.07, 6.45) is 8.13. The van der Waals surface area contributed by atoms with Gasteiger partial charge >= 0.3 is 0 Å². The zero-order valence-electron chi connectivity index (χ0n) is 9.62. The Labute approximate surface area is 111 Å². The second-order valence-corrected chi connectivity index (χ2v) is 7.35. The van der Waals surface area contributed by atoms with E-state index in [1.54, 1.807) is 0 Å². The van der Waals surface area contributed by atoms with E-state index in [-0.39, 0.29) is 0 Å². The van der Waals surface area contributed by atoms with Gasteiger partial charge in [0.15, 0.2) is 0 Å². The molecule has 0 aliphatic heterocycles. The number of rotatable bonds is 3. The molecule has 0 spiro atoms. The van der Waals surface area contributed by atoms with Gasteiger partial charge in [0.05, 0.1) is 3.79 Å². The van der Waals surface area contributed by atoms with Crippen LogP contribution in [0, 0.1) is 11.8 Å². The van der Waals surface area contributed by atoms with Gasteiger partial charge in [-0.05, 0) is 65.7 Å². The second-order valence-electron chi connectivity index (χ2n) is 4.80. The van der Waals surface area contributed by atoms with E-state index in [9.17, 15) is 0 Å². The standard InChI is InChI=1S/C13H20BrNS/c14-13-7-6-12(16-13)8-10-4-2-1-3-5-11(10)9-15/h6-7,10-11H,1-5,8-9,15H2. The minimum Gasteiger partial charge on any atom is -0.330 e. The van der Waals surface area contributed by atoms with E-state index >= 15 is 0 Å². The summed E-state index contributed by atoms with van der Waals surface area (Å²) in [6.45, 7) is 0.872. The average molecular weight is 302 g/mol. The molecule has 0 bridgehead atoms. The molecular formula is C13H20BrNS. The van der Waals surface area contributed by atoms with Gasteiger partial charge in [0.2, 0.25) is 0 Å². The van der Waals surface area contributed by atoms with Crippen LogP contribution in [0.1, 0.15) is 37.0 Å². The summed E-state index contributed by atoms with van der Waals surface area (Å²) in [7, 11) is 0.